The van der Waals surface area contributed by atoms with Gasteiger partial charge >= 0.3 is 0 Å². The Bertz CT molecular complexity index is 358. The molecule has 2 N–H and O–H groups in total. The first-order valence-electron chi connectivity index (χ1n) is 7.37. The molecule has 0 unspecified atom stereocenters. The van der Waals surface area contributed by atoms with Gasteiger partial charge in [-0.15, -0.1) is 0 Å². The SMILES string of the molecule is CCn1cc(CN2CCC(OCCCN)CC2)cn1. The van der Waals surface area contributed by atoms with Crippen LogP contribution in [0.15, 0.2) is 12.4 Å². The second-order valence-electron chi connectivity index (χ2n) is 5.19. The highest BCUT2D eigenvalue weighted by atomic mass is 16.5. The summed E-state index contributed by atoms with van der Waals surface area (Å²) < 4.78 is 7.80. The quantitative estimate of drug-likeness (QED) is 0.754. The molecule has 1 aromatic heterocycles. The van der Waals surface area contributed by atoms with E-state index in [-0.39, 0.29) is 0 Å². The minimum Gasteiger partial charge on any atom is -0.378 e. The van der Waals surface area contributed by atoms with Crippen molar-refractivity contribution >= 4 is 0 Å². The number of nitrogens with zero attached hydrogens (tertiary/aromatic N) is 3. The summed E-state index contributed by atoms with van der Waals surface area (Å²) >= 11 is 0. The molecule has 1 aromatic rings. The molecule has 108 valence electrons. The molecule has 1 aliphatic heterocycles. The fraction of sp³-hybridized carbons (Fsp3) is 0.786. The zero-order valence-corrected chi connectivity index (χ0v) is 11.9. The summed E-state index contributed by atoms with van der Waals surface area (Å²) in [5.74, 6) is 0. The summed E-state index contributed by atoms with van der Waals surface area (Å²) in [4.78, 5) is 2.49. The number of rotatable bonds is 7. The molecule has 0 aliphatic carbocycles. The molecule has 2 heterocycles. The number of aromatic nitrogens is 2. The molecule has 1 fully saturated rings. The van der Waals surface area contributed by atoms with Crippen LogP contribution in [0.1, 0.15) is 31.7 Å². The lowest BCUT2D eigenvalue weighted by atomic mass is 10.1. The first-order chi connectivity index (χ1) is 9.31. The standard InChI is InChI=1S/C14H26N4O/c1-2-18-12-13(10-16-18)11-17-7-4-14(5-8-17)19-9-3-6-15/h10,12,14H,2-9,11,15H2,1H3. The lowest BCUT2D eigenvalue weighted by Gasteiger charge is -2.31. The summed E-state index contributed by atoms with van der Waals surface area (Å²) in [6.45, 7) is 7.83. The summed E-state index contributed by atoms with van der Waals surface area (Å²) in [5.41, 5.74) is 6.78. The van der Waals surface area contributed by atoms with E-state index in [1.54, 1.807) is 0 Å². The van der Waals surface area contributed by atoms with Gasteiger partial charge in [0.15, 0.2) is 0 Å². The third kappa shape index (κ3) is 4.60. The fourth-order valence-electron chi connectivity index (χ4n) is 2.49. The summed E-state index contributed by atoms with van der Waals surface area (Å²) in [7, 11) is 0. The van der Waals surface area contributed by atoms with Crippen LogP contribution in [0.4, 0.5) is 0 Å². The van der Waals surface area contributed by atoms with Gasteiger partial charge in [0.25, 0.3) is 0 Å². The van der Waals surface area contributed by atoms with Crippen molar-refractivity contribution in [2.45, 2.75) is 45.4 Å². The smallest absolute Gasteiger partial charge is 0.0599 e. The van der Waals surface area contributed by atoms with Gasteiger partial charge in [0.05, 0.1) is 12.3 Å². The van der Waals surface area contributed by atoms with E-state index in [0.29, 0.717) is 6.10 Å². The monoisotopic (exact) mass is 266 g/mol. The maximum atomic E-state index is 5.82. The Morgan fingerprint density at radius 2 is 2.21 bits per heavy atom. The van der Waals surface area contributed by atoms with Gasteiger partial charge in [0.2, 0.25) is 0 Å². The van der Waals surface area contributed by atoms with E-state index in [1.807, 2.05) is 10.9 Å². The van der Waals surface area contributed by atoms with Gasteiger partial charge in [-0.3, -0.25) is 9.58 Å². The number of ether oxygens (including phenoxy) is 1. The highest BCUT2D eigenvalue weighted by Crippen LogP contribution is 2.16. The van der Waals surface area contributed by atoms with E-state index in [9.17, 15) is 0 Å². The van der Waals surface area contributed by atoms with Crippen LogP contribution in [0, 0.1) is 0 Å². The number of nitrogens with two attached hydrogens (primary N) is 1. The van der Waals surface area contributed by atoms with Crippen molar-refractivity contribution in [2.75, 3.05) is 26.2 Å². The van der Waals surface area contributed by atoms with E-state index < -0.39 is 0 Å². The third-order valence-corrected chi connectivity index (χ3v) is 3.65. The van der Waals surface area contributed by atoms with Crippen molar-refractivity contribution in [3.63, 3.8) is 0 Å². The molecule has 0 aromatic carbocycles. The number of hydrogen-bond acceptors (Lipinski definition) is 4. The van der Waals surface area contributed by atoms with Crippen molar-refractivity contribution in [3.8, 4) is 0 Å². The number of piperidine rings is 1. The van der Waals surface area contributed by atoms with E-state index in [4.69, 9.17) is 10.5 Å². The Labute approximate surface area is 115 Å². The minimum absolute atomic E-state index is 0.432. The summed E-state index contributed by atoms with van der Waals surface area (Å²) in [5, 5.41) is 4.32. The van der Waals surface area contributed by atoms with Crippen molar-refractivity contribution in [3.05, 3.63) is 18.0 Å². The molecule has 0 amide bonds. The average Bonchev–Trinajstić information content (AvgIpc) is 2.89. The van der Waals surface area contributed by atoms with E-state index in [2.05, 4.69) is 23.1 Å². The van der Waals surface area contributed by atoms with Crippen LogP contribution in [-0.2, 0) is 17.8 Å². The first-order valence-corrected chi connectivity index (χ1v) is 7.37. The van der Waals surface area contributed by atoms with Crippen LogP contribution >= 0.6 is 0 Å². The molecule has 19 heavy (non-hydrogen) atoms. The lowest BCUT2D eigenvalue weighted by molar-refractivity contribution is 0.00563. The molecule has 1 saturated heterocycles. The minimum atomic E-state index is 0.432. The zero-order chi connectivity index (χ0) is 13.5. The highest BCUT2D eigenvalue weighted by molar-refractivity contribution is 5.03. The molecule has 5 heteroatoms. The van der Waals surface area contributed by atoms with E-state index in [0.717, 1.165) is 58.6 Å². The maximum absolute atomic E-state index is 5.82. The topological polar surface area (TPSA) is 56.3 Å². The van der Waals surface area contributed by atoms with Gasteiger partial charge in [-0.25, -0.2) is 0 Å². The van der Waals surface area contributed by atoms with Gasteiger partial charge in [-0.05, 0) is 32.7 Å². The molecule has 0 atom stereocenters. The number of hydrogen-bond donors (Lipinski definition) is 1. The fourth-order valence-corrected chi connectivity index (χ4v) is 2.49. The average molecular weight is 266 g/mol. The number of likely N-dealkylation sites (tertiary alicyclic amines) is 1. The zero-order valence-electron chi connectivity index (χ0n) is 11.9. The molecule has 0 radical (unpaired) electrons. The normalized spacial score (nSPS) is 18.0. The van der Waals surface area contributed by atoms with Crippen molar-refractivity contribution in [2.24, 2.45) is 5.73 Å². The van der Waals surface area contributed by atoms with Gasteiger partial charge < -0.3 is 10.5 Å². The largest absolute Gasteiger partial charge is 0.378 e. The molecule has 2 rings (SSSR count). The Morgan fingerprint density at radius 1 is 1.42 bits per heavy atom. The molecule has 0 spiro atoms. The van der Waals surface area contributed by atoms with Crippen LogP contribution < -0.4 is 5.73 Å². The van der Waals surface area contributed by atoms with E-state index in [1.165, 1.54) is 5.56 Å². The molecule has 5 nitrogen and oxygen atoms in total. The Balaban J connectivity index is 1.68. The maximum Gasteiger partial charge on any atom is 0.0599 e. The molecular formula is C14H26N4O. The van der Waals surface area contributed by atoms with Gasteiger partial charge in [0.1, 0.15) is 0 Å². The molecule has 0 saturated carbocycles. The van der Waals surface area contributed by atoms with Crippen LogP contribution in [0.25, 0.3) is 0 Å². The summed E-state index contributed by atoms with van der Waals surface area (Å²) in [6, 6.07) is 0. The van der Waals surface area contributed by atoms with Crippen LogP contribution in [0.5, 0.6) is 0 Å². The van der Waals surface area contributed by atoms with Gasteiger partial charge in [-0.2, -0.15) is 5.10 Å². The first kappa shape index (κ1) is 14.5. The number of aryl methyl sites for hydroxylation is 1. The van der Waals surface area contributed by atoms with Gasteiger partial charge in [-0.1, -0.05) is 0 Å². The second kappa shape index (κ2) is 7.62. The van der Waals surface area contributed by atoms with Crippen LogP contribution in [0.2, 0.25) is 0 Å². The summed E-state index contributed by atoms with van der Waals surface area (Å²) in [6.07, 6.45) is 7.79. The Hall–Kier alpha value is -0.910. The van der Waals surface area contributed by atoms with E-state index >= 15 is 0 Å². The van der Waals surface area contributed by atoms with Gasteiger partial charge in [0, 0.05) is 44.5 Å². The van der Waals surface area contributed by atoms with Crippen LogP contribution in [-0.4, -0.2) is 47.0 Å². The predicted molar refractivity (Wildman–Crippen MR) is 75.8 cm³/mol. The highest BCUT2D eigenvalue weighted by Gasteiger charge is 2.19. The molecule has 1 aliphatic rings. The van der Waals surface area contributed by atoms with Crippen molar-refractivity contribution in [1.82, 2.24) is 14.7 Å². The molecule has 0 bridgehead atoms. The Morgan fingerprint density at radius 3 is 2.84 bits per heavy atom. The van der Waals surface area contributed by atoms with Crippen LogP contribution in [0.3, 0.4) is 0 Å². The third-order valence-electron chi connectivity index (χ3n) is 3.65. The van der Waals surface area contributed by atoms with Crippen molar-refractivity contribution < 1.29 is 4.74 Å². The predicted octanol–water partition coefficient (Wildman–Crippen LogP) is 1.23. The lowest BCUT2D eigenvalue weighted by Crippen LogP contribution is -2.36. The molecular weight excluding hydrogens is 240 g/mol. The van der Waals surface area contributed by atoms with Crippen molar-refractivity contribution in [1.29, 1.82) is 0 Å². The second-order valence-corrected chi connectivity index (χ2v) is 5.19. The Kier molecular flexibility index (Phi) is 5.82.